The van der Waals surface area contributed by atoms with Crippen LogP contribution in [0.2, 0.25) is 0 Å². The minimum absolute atomic E-state index is 0.256. The predicted molar refractivity (Wildman–Crippen MR) is 123 cm³/mol. The fourth-order valence-electron chi connectivity index (χ4n) is 3.56. The van der Waals surface area contributed by atoms with Crippen molar-refractivity contribution in [3.8, 4) is 17.2 Å². The Bertz CT molecular complexity index is 1080. The number of nitrogens with one attached hydrogen (secondary N) is 1. The average molecular weight is 463 g/mol. The predicted octanol–water partition coefficient (Wildman–Crippen LogP) is 3.28. The number of methoxy groups -OCH3 is 1. The summed E-state index contributed by atoms with van der Waals surface area (Å²) in [4.78, 5) is 12.9. The topological polar surface area (TPSA) is 94.2 Å². The Morgan fingerprint density at radius 3 is 2.41 bits per heavy atom. The van der Waals surface area contributed by atoms with E-state index < -0.39 is 21.7 Å². The molecule has 2 aromatic rings. The second-order valence-corrected chi connectivity index (χ2v) is 10.5. The Morgan fingerprint density at radius 1 is 1.19 bits per heavy atom. The number of nitrogens with zero attached hydrogens (tertiary/aromatic N) is 1. The molecule has 174 valence electrons. The zero-order chi connectivity index (χ0) is 23.7. The van der Waals surface area contributed by atoms with Gasteiger partial charge >= 0.3 is 0 Å². The van der Waals surface area contributed by atoms with Crippen molar-refractivity contribution in [3.63, 3.8) is 0 Å². The number of sulfonamides is 1. The summed E-state index contributed by atoms with van der Waals surface area (Å²) in [5.41, 5.74) is 0.926. The molecule has 0 saturated heterocycles. The third kappa shape index (κ3) is 5.45. The molecule has 0 aromatic heterocycles. The van der Waals surface area contributed by atoms with E-state index >= 15 is 0 Å². The largest absolute Gasteiger partial charge is 0.497 e. The number of hydrogen-bond acceptors (Lipinski definition) is 6. The van der Waals surface area contributed by atoms with Gasteiger partial charge in [0.05, 0.1) is 25.1 Å². The Balaban J connectivity index is 1.71. The van der Waals surface area contributed by atoms with Gasteiger partial charge in [-0.3, -0.25) is 9.10 Å². The lowest BCUT2D eigenvalue weighted by Crippen LogP contribution is -2.44. The van der Waals surface area contributed by atoms with E-state index in [1.165, 1.54) is 11.4 Å². The number of carbonyl (C=O) groups excluding carboxylic acids is 1. The Kier molecular flexibility index (Phi) is 6.59. The minimum atomic E-state index is -3.35. The minimum Gasteiger partial charge on any atom is -0.497 e. The number of carbonyl (C=O) groups is 1. The second kappa shape index (κ2) is 8.90. The highest BCUT2D eigenvalue weighted by molar-refractivity contribution is 7.92. The first-order valence-corrected chi connectivity index (χ1v) is 12.1. The summed E-state index contributed by atoms with van der Waals surface area (Å²) in [7, 11) is -0.281. The molecule has 2 aromatic carbocycles. The van der Waals surface area contributed by atoms with Gasteiger partial charge in [-0.1, -0.05) is 0 Å². The Labute approximate surface area is 189 Å². The molecule has 2 unspecified atom stereocenters. The molecule has 8 nitrogen and oxygen atoms in total. The quantitative estimate of drug-likeness (QED) is 0.679. The fourth-order valence-corrected chi connectivity index (χ4v) is 4.07. The molecule has 1 amide bonds. The van der Waals surface area contributed by atoms with Crippen LogP contribution in [0.15, 0.2) is 42.5 Å². The summed E-state index contributed by atoms with van der Waals surface area (Å²) >= 11 is 0. The van der Waals surface area contributed by atoms with Crippen LogP contribution in [-0.4, -0.2) is 46.4 Å². The normalized spacial score (nSPS) is 18.0. The molecule has 0 saturated carbocycles. The van der Waals surface area contributed by atoms with Crippen molar-refractivity contribution in [1.82, 2.24) is 5.32 Å². The highest BCUT2D eigenvalue weighted by atomic mass is 32.2. The van der Waals surface area contributed by atoms with Gasteiger partial charge in [0.25, 0.3) is 5.91 Å². The fraction of sp³-hybridized carbons (Fsp3) is 0.435. The van der Waals surface area contributed by atoms with Crippen molar-refractivity contribution < 1.29 is 27.4 Å². The number of fused-ring (bicyclic) bond motifs is 1. The third-order valence-corrected chi connectivity index (χ3v) is 6.58. The van der Waals surface area contributed by atoms with Crippen LogP contribution in [-0.2, 0) is 14.8 Å². The van der Waals surface area contributed by atoms with Crippen molar-refractivity contribution in [2.75, 3.05) is 24.7 Å². The maximum absolute atomic E-state index is 12.9. The van der Waals surface area contributed by atoms with Gasteiger partial charge in [0.2, 0.25) is 10.0 Å². The lowest BCUT2D eigenvalue weighted by Gasteiger charge is -2.38. The molecule has 9 heteroatoms. The summed E-state index contributed by atoms with van der Waals surface area (Å²) in [6.07, 6.45) is 0.973. The van der Waals surface area contributed by atoms with Gasteiger partial charge < -0.3 is 19.5 Å². The van der Waals surface area contributed by atoms with Crippen LogP contribution >= 0.6 is 0 Å². The first kappa shape index (κ1) is 23.7. The van der Waals surface area contributed by atoms with Gasteiger partial charge in [0, 0.05) is 19.0 Å². The Hall–Kier alpha value is -2.94. The van der Waals surface area contributed by atoms with E-state index in [4.69, 9.17) is 14.2 Å². The highest BCUT2D eigenvalue weighted by Gasteiger charge is 2.35. The number of hydrogen-bond donors (Lipinski definition) is 1. The molecule has 1 heterocycles. The maximum atomic E-state index is 12.9. The van der Waals surface area contributed by atoms with E-state index in [2.05, 4.69) is 5.32 Å². The smallest absolute Gasteiger partial charge is 0.261 e. The SMILES string of the molecule is COc1ccc2c(c1)C(NC(=O)C(C)Oc1ccc(N(C)S(C)(=O)=O)cc1)CC(C)(C)O2. The molecule has 0 radical (unpaired) electrons. The molecular formula is C23H30N2O6S. The monoisotopic (exact) mass is 462 g/mol. The first-order chi connectivity index (χ1) is 14.9. The van der Waals surface area contributed by atoms with Crippen LogP contribution in [0.4, 0.5) is 5.69 Å². The lowest BCUT2D eigenvalue weighted by molar-refractivity contribution is -0.128. The van der Waals surface area contributed by atoms with Gasteiger partial charge in [0.15, 0.2) is 6.10 Å². The first-order valence-electron chi connectivity index (χ1n) is 10.3. The molecule has 1 aliphatic rings. The molecule has 0 spiro atoms. The summed E-state index contributed by atoms with van der Waals surface area (Å²) in [6, 6.07) is 11.8. The van der Waals surface area contributed by atoms with E-state index in [1.54, 1.807) is 38.3 Å². The van der Waals surface area contributed by atoms with Crippen molar-refractivity contribution in [1.29, 1.82) is 0 Å². The van der Waals surface area contributed by atoms with E-state index in [1.807, 2.05) is 32.0 Å². The molecule has 0 fully saturated rings. The zero-order valence-electron chi connectivity index (χ0n) is 19.2. The molecule has 32 heavy (non-hydrogen) atoms. The molecule has 0 aliphatic carbocycles. The summed E-state index contributed by atoms with van der Waals surface area (Å²) in [6.45, 7) is 5.63. The van der Waals surface area contributed by atoms with Crippen LogP contribution in [0.5, 0.6) is 17.2 Å². The van der Waals surface area contributed by atoms with Crippen molar-refractivity contribution in [2.24, 2.45) is 0 Å². The van der Waals surface area contributed by atoms with Gasteiger partial charge in [-0.2, -0.15) is 0 Å². The number of amides is 1. The van der Waals surface area contributed by atoms with Crippen molar-refractivity contribution >= 4 is 21.6 Å². The second-order valence-electron chi connectivity index (χ2n) is 8.52. The van der Waals surface area contributed by atoms with Gasteiger partial charge in [-0.05, 0) is 63.2 Å². The van der Waals surface area contributed by atoms with E-state index in [0.29, 0.717) is 29.4 Å². The zero-order valence-corrected chi connectivity index (χ0v) is 20.0. The highest BCUT2D eigenvalue weighted by Crippen LogP contribution is 2.41. The van der Waals surface area contributed by atoms with Crippen molar-refractivity contribution in [3.05, 3.63) is 48.0 Å². The molecular weight excluding hydrogens is 432 g/mol. The molecule has 0 bridgehead atoms. The average Bonchev–Trinajstić information content (AvgIpc) is 2.72. The van der Waals surface area contributed by atoms with Crippen molar-refractivity contribution in [2.45, 2.75) is 44.9 Å². The standard InChI is InChI=1S/C23H30N2O6S/c1-15(30-17-9-7-16(8-10-17)25(4)32(6,27)28)22(26)24-20-14-23(2,3)31-21-12-11-18(29-5)13-19(20)21/h7-13,15,20H,14H2,1-6H3,(H,24,26). The van der Waals surface area contributed by atoms with Gasteiger partial charge in [-0.25, -0.2) is 8.42 Å². The van der Waals surface area contributed by atoms with E-state index in [-0.39, 0.29) is 11.9 Å². The third-order valence-electron chi connectivity index (χ3n) is 5.37. The van der Waals surface area contributed by atoms with E-state index in [0.717, 1.165) is 11.8 Å². The summed E-state index contributed by atoms with van der Waals surface area (Å²) in [5, 5.41) is 3.06. The Morgan fingerprint density at radius 2 is 1.81 bits per heavy atom. The van der Waals surface area contributed by atoms with Crippen LogP contribution in [0.3, 0.4) is 0 Å². The van der Waals surface area contributed by atoms with Crippen LogP contribution in [0.25, 0.3) is 0 Å². The molecule has 3 rings (SSSR count). The summed E-state index contributed by atoms with van der Waals surface area (Å²) < 4.78 is 41.7. The summed E-state index contributed by atoms with van der Waals surface area (Å²) in [5.74, 6) is 1.60. The lowest BCUT2D eigenvalue weighted by atomic mass is 9.89. The number of anilines is 1. The van der Waals surface area contributed by atoms with Crippen LogP contribution in [0, 0.1) is 0 Å². The number of ether oxygens (including phenoxy) is 3. The van der Waals surface area contributed by atoms with E-state index in [9.17, 15) is 13.2 Å². The van der Waals surface area contributed by atoms with Crippen LogP contribution < -0.4 is 23.8 Å². The van der Waals surface area contributed by atoms with Crippen LogP contribution in [0.1, 0.15) is 38.8 Å². The maximum Gasteiger partial charge on any atom is 0.261 e. The molecule has 1 N–H and O–H groups in total. The number of benzene rings is 2. The van der Waals surface area contributed by atoms with Gasteiger partial charge in [0.1, 0.15) is 22.8 Å². The number of rotatable bonds is 7. The van der Waals surface area contributed by atoms with Gasteiger partial charge in [-0.15, -0.1) is 0 Å². The molecule has 1 aliphatic heterocycles. The molecule has 2 atom stereocenters.